The second-order valence-electron chi connectivity index (χ2n) is 6.03. The Balaban J connectivity index is 0.000000758. The van der Waals surface area contributed by atoms with Crippen LogP contribution in [0.5, 0.6) is 0 Å². The van der Waals surface area contributed by atoms with Crippen LogP contribution in [-0.4, -0.2) is 0 Å². The van der Waals surface area contributed by atoms with E-state index < -0.39 is 0 Å². The van der Waals surface area contributed by atoms with Crippen molar-refractivity contribution in [1.29, 1.82) is 0 Å². The molecule has 3 rings (SSSR count). The molecular weight excluding hydrogens is 359 g/mol. The first kappa shape index (κ1) is 20.3. The summed E-state index contributed by atoms with van der Waals surface area (Å²) in [5.74, 6) is 0. The highest BCUT2D eigenvalue weighted by Crippen LogP contribution is 2.25. The van der Waals surface area contributed by atoms with Gasteiger partial charge in [0.2, 0.25) is 0 Å². The fourth-order valence-electron chi connectivity index (χ4n) is 2.69. The van der Waals surface area contributed by atoms with Gasteiger partial charge >= 0.3 is 0 Å². The van der Waals surface area contributed by atoms with Gasteiger partial charge in [-0.3, -0.25) is 0 Å². The molecule has 0 bridgehead atoms. The lowest BCUT2D eigenvalue weighted by atomic mass is 10.0. The molecule has 0 aliphatic carbocycles. The summed E-state index contributed by atoms with van der Waals surface area (Å²) in [6.45, 7) is 10.4. The molecule has 0 N–H and O–H groups in total. The van der Waals surface area contributed by atoms with E-state index in [-0.39, 0.29) is 0 Å². The predicted molar refractivity (Wildman–Crippen MR) is 119 cm³/mol. The average Bonchev–Trinajstić information content (AvgIpc) is 2.68. The van der Waals surface area contributed by atoms with Crippen LogP contribution in [0.3, 0.4) is 0 Å². The van der Waals surface area contributed by atoms with Crippen molar-refractivity contribution in [2.45, 2.75) is 27.2 Å². The molecule has 3 aromatic rings. The van der Waals surface area contributed by atoms with Gasteiger partial charge in [-0.05, 0) is 29.4 Å². The van der Waals surface area contributed by atoms with Crippen LogP contribution >= 0.6 is 23.2 Å². The Morgan fingerprint density at radius 3 is 1.92 bits per heavy atom. The molecule has 0 saturated carbocycles. The normalized spacial score (nSPS) is 12.0. The quantitative estimate of drug-likeness (QED) is 0.454. The summed E-state index contributed by atoms with van der Waals surface area (Å²) in [5, 5.41) is 4.84. The molecule has 0 aromatic heterocycles. The van der Waals surface area contributed by atoms with Crippen molar-refractivity contribution in [3.05, 3.63) is 86.7 Å². The van der Waals surface area contributed by atoms with Gasteiger partial charge < -0.3 is 0 Å². The van der Waals surface area contributed by atoms with E-state index in [0.717, 1.165) is 32.3 Å². The number of allylic oxidation sites excluding steroid dienone is 2. The highest BCUT2D eigenvalue weighted by atomic mass is 35.5. The summed E-state index contributed by atoms with van der Waals surface area (Å²) in [6.07, 6.45) is 5.37. The molecule has 0 amide bonds. The van der Waals surface area contributed by atoms with Crippen LogP contribution in [0.4, 0.5) is 0 Å². The number of hydrogen-bond acceptors (Lipinski definition) is 0. The van der Waals surface area contributed by atoms with Gasteiger partial charge in [0.05, 0.1) is 10.0 Å². The lowest BCUT2D eigenvalue weighted by molar-refractivity contribution is 1.09. The maximum absolute atomic E-state index is 6.65. The van der Waals surface area contributed by atoms with Crippen LogP contribution in [-0.2, 0) is 0 Å². The Morgan fingerprint density at radius 2 is 1.38 bits per heavy atom. The molecule has 0 aliphatic heterocycles. The summed E-state index contributed by atoms with van der Waals surface area (Å²) in [7, 11) is 0. The van der Waals surface area contributed by atoms with Gasteiger partial charge in [0.25, 0.3) is 0 Å². The SMILES string of the molecule is C=c1c(Cl)c2ccccc2c(Cl)/c1=C/C(=C\C)c1ccccc1.CCC. The van der Waals surface area contributed by atoms with E-state index in [0.29, 0.717) is 10.0 Å². The third-order valence-electron chi connectivity index (χ3n) is 3.94. The summed E-state index contributed by atoms with van der Waals surface area (Å²) in [6, 6.07) is 18.1. The Hall–Kier alpha value is -2.02. The summed E-state index contributed by atoms with van der Waals surface area (Å²) in [5.41, 5.74) is 2.22. The fraction of sp³-hybridized carbons (Fsp3) is 0.167. The van der Waals surface area contributed by atoms with E-state index in [1.54, 1.807) is 0 Å². The summed E-state index contributed by atoms with van der Waals surface area (Å²) >= 11 is 13.2. The van der Waals surface area contributed by atoms with Gasteiger partial charge in [-0.2, -0.15) is 0 Å². The van der Waals surface area contributed by atoms with Crippen LogP contribution in [0.25, 0.3) is 29.0 Å². The molecule has 0 unspecified atom stereocenters. The molecule has 26 heavy (non-hydrogen) atoms. The van der Waals surface area contributed by atoms with E-state index >= 15 is 0 Å². The van der Waals surface area contributed by atoms with Gasteiger partial charge in [-0.1, -0.05) is 111 Å². The highest BCUT2D eigenvalue weighted by molar-refractivity contribution is 6.40. The summed E-state index contributed by atoms with van der Waals surface area (Å²) in [4.78, 5) is 0. The lowest BCUT2D eigenvalue weighted by Crippen LogP contribution is -2.26. The Kier molecular flexibility index (Phi) is 7.50. The molecule has 0 radical (unpaired) electrons. The smallest absolute Gasteiger partial charge is 0.0563 e. The zero-order chi connectivity index (χ0) is 19.1. The van der Waals surface area contributed by atoms with Crippen molar-refractivity contribution >= 4 is 52.2 Å². The molecule has 0 nitrogen and oxygen atoms in total. The molecule has 0 heterocycles. The molecular formula is C24H24Cl2. The number of hydrogen-bond donors (Lipinski definition) is 0. The van der Waals surface area contributed by atoms with Crippen molar-refractivity contribution in [3.8, 4) is 0 Å². The van der Waals surface area contributed by atoms with Gasteiger partial charge in [0, 0.05) is 16.0 Å². The topological polar surface area (TPSA) is 0 Å². The van der Waals surface area contributed by atoms with E-state index in [1.165, 1.54) is 6.42 Å². The van der Waals surface area contributed by atoms with Gasteiger partial charge in [0.1, 0.15) is 0 Å². The van der Waals surface area contributed by atoms with Crippen molar-refractivity contribution < 1.29 is 0 Å². The molecule has 3 aromatic carbocycles. The molecule has 0 spiro atoms. The molecule has 0 aliphatic rings. The van der Waals surface area contributed by atoms with Gasteiger partial charge in [-0.25, -0.2) is 0 Å². The zero-order valence-corrected chi connectivity index (χ0v) is 17.0. The minimum absolute atomic E-state index is 0.653. The third-order valence-corrected chi connectivity index (χ3v) is 4.78. The number of benzene rings is 3. The van der Waals surface area contributed by atoms with Crippen molar-refractivity contribution in [1.82, 2.24) is 0 Å². The van der Waals surface area contributed by atoms with Crippen LogP contribution in [0.15, 0.2) is 60.7 Å². The maximum atomic E-state index is 6.65. The van der Waals surface area contributed by atoms with Crippen LogP contribution < -0.4 is 10.4 Å². The first-order valence-electron chi connectivity index (χ1n) is 8.83. The van der Waals surface area contributed by atoms with E-state index in [9.17, 15) is 0 Å². The largest absolute Gasteiger partial charge is 0.0896 e. The Labute approximate surface area is 166 Å². The van der Waals surface area contributed by atoms with Crippen LogP contribution in [0, 0.1) is 0 Å². The van der Waals surface area contributed by atoms with E-state index in [1.807, 2.05) is 49.4 Å². The first-order valence-corrected chi connectivity index (χ1v) is 9.58. The maximum Gasteiger partial charge on any atom is 0.0563 e. The minimum atomic E-state index is 0.653. The number of halogens is 2. The minimum Gasteiger partial charge on any atom is -0.0896 e. The van der Waals surface area contributed by atoms with Crippen LogP contribution in [0.1, 0.15) is 32.8 Å². The standard InChI is InChI=1S/C21H16Cl2.C3H8/c1-3-15(16-9-5-4-6-10-16)13-19-14(2)20(22)17-11-7-8-12-18(17)21(19)23;1-3-2/h3-13H,2H2,1H3;3H2,1-2H3/b15-3+,19-13+;. The fourth-order valence-corrected chi connectivity index (χ4v) is 3.29. The third kappa shape index (κ3) is 4.38. The van der Waals surface area contributed by atoms with Crippen molar-refractivity contribution in [3.63, 3.8) is 0 Å². The van der Waals surface area contributed by atoms with Gasteiger partial charge in [0.15, 0.2) is 0 Å². The average molecular weight is 383 g/mol. The van der Waals surface area contributed by atoms with Crippen molar-refractivity contribution in [2.24, 2.45) is 0 Å². The van der Waals surface area contributed by atoms with E-state index in [4.69, 9.17) is 23.2 Å². The molecule has 0 fully saturated rings. The molecule has 0 atom stereocenters. The lowest BCUT2D eigenvalue weighted by Gasteiger charge is -2.07. The molecule has 134 valence electrons. The highest BCUT2D eigenvalue weighted by Gasteiger charge is 2.08. The predicted octanol–water partition coefficient (Wildman–Crippen LogP) is 6.86. The number of fused-ring (bicyclic) bond motifs is 1. The number of rotatable bonds is 2. The summed E-state index contributed by atoms with van der Waals surface area (Å²) < 4.78 is 0. The second-order valence-corrected chi connectivity index (χ2v) is 6.78. The zero-order valence-electron chi connectivity index (χ0n) is 15.5. The van der Waals surface area contributed by atoms with Crippen LogP contribution in [0.2, 0.25) is 10.0 Å². The van der Waals surface area contributed by atoms with E-state index in [2.05, 4.69) is 44.7 Å². The van der Waals surface area contributed by atoms with Gasteiger partial charge in [-0.15, -0.1) is 0 Å². The Morgan fingerprint density at radius 1 is 0.885 bits per heavy atom. The first-order chi connectivity index (χ1) is 12.5. The van der Waals surface area contributed by atoms with Crippen molar-refractivity contribution in [2.75, 3.05) is 0 Å². The Bertz CT molecular complexity index is 1020. The molecule has 0 saturated heterocycles. The monoisotopic (exact) mass is 382 g/mol. The second kappa shape index (κ2) is 9.62. The molecule has 2 heteroatoms.